The van der Waals surface area contributed by atoms with Crippen molar-refractivity contribution in [3.8, 4) is 0 Å². The zero-order chi connectivity index (χ0) is 19.5. The van der Waals surface area contributed by atoms with Gasteiger partial charge in [-0.25, -0.2) is 0 Å². The molecular weight excluding hydrogens is 304 g/mol. The molecule has 2 fully saturated rings. The molecule has 0 N–H and O–H groups in total. The van der Waals surface area contributed by atoms with E-state index in [4.69, 9.17) is 4.74 Å². The van der Waals surface area contributed by atoms with Crippen molar-refractivity contribution in [3.05, 3.63) is 55.7 Å². The molecule has 0 aromatic heterocycles. The fourth-order valence-electron chi connectivity index (χ4n) is 4.62. The maximum Gasteiger partial charge on any atom is 0.148 e. The van der Waals surface area contributed by atoms with Crippen molar-refractivity contribution in [2.24, 2.45) is 0 Å². The lowest BCUT2D eigenvalue weighted by Gasteiger charge is -2.39. The summed E-state index contributed by atoms with van der Waals surface area (Å²) < 4.78 is 6.56. The molecule has 1 saturated carbocycles. The molecule has 1 heterocycles. The van der Waals surface area contributed by atoms with Crippen molar-refractivity contribution in [1.82, 2.24) is 0 Å². The summed E-state index contributed by atoms with van der Waals surface area (Å²) in [7, 11) is 0. The molecule has 25 heavy (non-hydrogen) atoms. The zero-order valence-corrected chi connectivity index (χ0v) is 18.4. The Balaban J connectivity index is 3.13. The minimum Gasteiger partial charge on any atom is -0.353 e. The first kappa shape index (κ1) is 20.0. The summed E-state index contributed by atoms with van der Waals surface area (Å²) in [5, 5.41) is 0. The minimum atomic E-state index is -0.317. The number of hydrogen-bond donors (Lipinski definition) is 0. The van der Waals surface area contributed by atoms with E-state index in [2.05, 4.69) is 83.1 Å². The Morgan fingerprint density at radius 1 is 0.520 bits per heavy atom. The fourth-order valence-corrected chi connectivity index (χ4v) is 4.62. The number of epoxide rings is 1. The van der Waals surface area contributed by atoms with Crippen LogP contribution in [0.3, 0.4) is 0 Å². The molecule has 0 amide bonds. The van der Waals surface area contributed by atoms with Gasteiger partial charge >= 0.3 is 0 Å². The van der Waals surface area contributed by atoms with Crippen LogP contribution in [0.25, 0.3) is 0 Å². The first-order chi connectivity index (χ1) is 11.3. The highest BCUT2D eigenvalue weighted by molar-refractivity contribution is 5.79. The van der Waals surface area contributed by atoms with Gasteiger partial charge in [0.25, 0.3) is 0 Å². The van der Waals surface area contributed by atoms with Crippen LogP contribution in [0.4, 0.5) is 0 Å². The summed E-state index contributed by atoms with van der Waals surface area (Å²) in [6.45, 7) is 26.8. The molecule has 0 unspecified atom stereocenters. The molecule has 138 valence electrons. The maximum absolute atomic E-state index is 6.56. The molecule has 1 nitrogen and oxygen atoms in total. The second-order valence-electron chi connectivity index (χ2n) is 9.17. The molecule has 1 spiro atoms. The monoisotopic (exact) mass is 340 g/mol. The lowest BCUT2D eigenvalue weighted by atomic mass is 9.62. The number of allylic oxidation sites excluding steroid dienone is 6. The Hall–Kier alpha value is -1.34. The molecule has 0 atom stereocenters. The topological polar surface area (TPSA) is 12.5 Å². The minimum absolute atomic E-state index is 0.180. The lowest BCUT2D eigenvalue weighted by molar-refractivity contribution is 0.308. The van der Waals surface area contributed by atoms with Crippen LogP contribution in [0.5, 0.6) is 0 Å². The van der Waals surface area contributed by atoms with Crippen molar-refractivity contribution < 1.29 is 4.74 Å². The lowest BCUT2D eigenvalue weighted by Crippen LogP contribution is -2.36. The van der Waals surface area contributed by atoms with E-state index in [9.17, 15) is 0 Å². The van der Waals surface area contributed by atoms with E-state index >= 15 is 0 Å². The van der Waals surface area contributed by atoms with Crippen molar-refractivity contribution in [2.75, 3.05) is 0 Å². The van der Waals surface area contributed by atoms with E-state index in [1.165, 1.54) is 55.7 Å². The fraction of sp³-hybridized carbons (Fsp3) is 0.583. The summed E-state index contributed by atoms with van der Waals surface area (Å²) in [6, 6.07) is 0. The summed E-state index contributed by atoms with van der Waals surface area (Å²) in [4.78, 5) is 0. The first-order valence-corrected chi connectivity index (χ1v) is 9.41. The molecule has 0 radical (unpaired) electrons. The highest BCUT2D eigenvalue weighted by Crippen LogP contribution is 2.67. The van der Waals surface area contributed by atoms with Gasteiger partial charge in [-0.1, -0.05) is 27.9 Å². The van der Waals surface area contributed by atoms with Gasteiger partial charge in [0.1, 0.15) is 11.2 Å². The Bertz CT molecular complexity index is 718. The average molecular weight is 341 g/mol. The van der Waals surface area contributed by atoms with Crippen LogP contribution in [0, 0.1) is 0 Å². The van der Waals surface area contributed by atoms with Gasteiger partial charge in [-0.05, 0) is 111 Å². The van der Waals surface area contributed by atoms with Crippen molar-refractivity contribution in [1.29, 1.82) is 0 Å². The van der Waals surface area contributed by atoms with E-state index in [0.29, 0.717) is 0 Å². The van der Waals surface area contributed by atoms with Crippen molar-refractivity contribution in [3.63, 3.8) is 0 Å². The Kier molecular flexibility index (Phi) is 4.89. The van der Waals surface area contributed by atoms with E-state index in [1.54, 1.807) is 0 Å². The molecule has 1 aliphatic heterocycles. The van der Waals surface area contributed by atoms with E-state index in [-0.39, 0.29) is 11.2 Å². The molecule has 0 aromatic rings. The number of hydrogen-bond acceptors (Lipinski definition) is 1. The van der Waals surface area contributed by atoms with Gasteiger partial charge in [-0.15, -0.1) is 0 Å². The summed E-state index contributed by atoms with van der Waals surface area (Å²) >= 11 is 0. The molecule has 1 heteroatoms. The molecular formula is C24H36O. The van der Waals surface area contributed by atoms with Crippen LogP contribution in [0.15, 0.2) is 55.7 Å². The van der Waals surface area contributed by atoms with Gasteiger partial charge in [-0.2, -0.15) is 0 Å². The van der Waals surface area contributed by atoms with Gasteiger partial charge in [0.2, 0.25) is 0 Å². The van der Waals surface area contributed by atoms with E-state index < -0.39 is 0 Å². The summed E-state index contributed by atoms with van der Waals surface area (Å²) in [5.74, 6) is 0. The van der Waals surface area contributed by atoms with Crippen molar-refractivity contribution >= 4 is 0 Å². The quantitative estimate of drug-likeness (QED) is 0.424. The van der Waals surface area contributed by atoms with E-state index in [1.807, 2.05) is 0 Å². The smallest absolute Gasteiger partial charge is 0.148 e. The first-order valence-electron chi connectivity index (χ1n) is 9.41. The SMILES string of the molecule is CC(C)=C1C(=C(C)C)C(=C(C)C)C2(OC2(C)C)C(=C(C)C)C1=C(C)C. The molecule has 0 bridgehead atoms. The van der Waals surface area contributed by atoms with Crippen LogP contribution in [0.2, 0.25) is 0 Å². The molecule has 0 aromatic carbocycles. The number of rotatable bonds is 0. The van der Waals surface area contributed by atoms with Crippen LogP contribution in [0.1, 0.15) is 83.1 Å². The van der Waals surface area contributed by atoms with Gasteiger partial charge in [0.05, 0.1) is 0 Å². The van der Waals surface area contributed by atoms with Crippen LogP contribution >= 0.6 is 0 Å². The van der Waals surface area contributed by atoms with Crippen molar-refractivity contribution in [2.45, 2.75) is 94.3 Å². The van der Waals surface area contributed by atoms with Crippen LogP contribution < -0.4 is 0 Å². The second kappa shape index (κ2) is 6.13. The molecule has 2 aliphatic rings. The van der Waals surface area contributed by atoms with Gasteiger partial charge in [-0.3, -0.25) is 0 Å². The Morgan fingerprint density at radius 3 is 0.960 bits per heavy atom. The third kappa shape index (κ3) is 2.72. The van der Waals surface area contributed by atoms with Gasteiger partial charge < -0.3 is 4.74 Å². The Morgan fingerprint density at radius 2 is 0.800 bits per heavy atom. The average Bonchev–Trinajstić information content (AvgIpc) is 2.97. The summed E-state index contributed by atoms with van der Waals surface area (Å²) in [6.07, 6.45) is 0. The van der Waals surface area contributed by atoms with Crippen LogP contribution in [-0.4, -0.2) is 11.2 Å². The highest BCUT2D eigenvalue weighted by atomic mass is 16.6. The largest absolute Gasteiger partial charge is 0.353 e. The van der Waals surface area contributed by atoms with Crippen LogP contribution in [-0.2, 0) is 4.74 Å². The van der Waals surface area contributed by atoms with E-state index in [0.717, 1.165) is 0 Å². The highest BCUT2D eigenvalue weighted by Gasteiger charge is 2.71. The normalized spacial score (nSPS) is 24.7. The van der Waals surface area contributed by atoms with Gasteiger partial charge in [0.15, 0.2) is 0 Å². The standard InChI is InChI=1S/C24H36O/c1-13(2)18-19(14(3)4)21(16(7)8)24(23(11,12)25-24)22(17(9)10)20(18)15(5)6/h1-12H3. The second-order valence-corrected chi connectivity index (χ2v) is 9.17. The summed E-state index contributed by atoms with van der Waals surface area (Å²) in [5.41, 5.74) is 13.3. The molecule has 1 aliphatic carbocycles. The predicted octanol–water partition coefficient (Wildman–Crippen LogP) is 7.23. The zero-order valence-electron chi connectivity index (χ0n) is 18.4. The predicted molar refractivity (Wildman–Crippen MR) is 110 cm³/mol. The third-order valence-electron chi connectivity index (χ3n) is 5.42. The molecule has 1 saturated heterocycles. The number of ether oxygens (including phenoxy) is 1. The third-order valence-corrected chi connectivity index (χ3v) is 5.42. The Labute approximate surface area is 155 Å². The molecule has 2 rings (SSSR count). The van der Waals surface area contributed by atoms with Gasteiger partial charge in [0, 0.05) is 0 Å². The maximum atomic E-state index is 6.56.